The Morgan fingerprint density at radius 2 is 1.10 bits per heavy atom. The van der Waals surface area contributed by atoms with E-state index in [1.165, 1.54) is 44.5 Å². The Morgan fingerprint density at radius 3 is 1.93 bits per heavy atom. The number of aromatic nitrogens is 2. The number of fused-ring (bicyclic) bond motifs is 12. The molecule has 1 spiro atoms. The molecule has 3 nitrogen and oxygen atoms in total. The van der Waals surface area contributed by atoms with Gasteiger partial charge >= 0.3 is 0 Å². The van der Waals surface area contributed by atoms with Crippen LogP contribution in [-0.4, -0.2) is 9.55 Å². The number of para-hydroxylation sites is 2. The molecule has 1 atom stereocenters. The number of nitrogens with zero attached hydrogens (tertiary/aromatic N) is 2. The molecular formula is C55H38N2O. The van der Waals surface area contributed by atoms with E-state index in [4.69, 9.17) is 9.72 Å². The molecule has 0 bridgehead atoms. The maximum Gasteiger partial charge on any atom is 0.145 e. The standard InChI is InChI=1S/C55H38N2O/c1-54(2)44-22-12-10-20-41(44)42-33-48-52(34-47(42)54)58-51-24-14-13-23-45(51)55(48)43-21-11-9-15-35(43)25-26-36-27-28-38(31-46(36)55)39-29-30-50-49(32-39)56-53(37-16-5-3-6-17-37)57(50)40-18-7-4-8-19-40/h3-34H,1-2H3. The van der Waals surface area contributed by atoms with Crippen molar-refractivity contribution >= 4 is 23.2 Å². The van der Waals surface area contributed by atoms with Crippen molar-refractivity contribution in [1.29, 1.82) is 0 Å². The van der Waals surface area contributed by atoms with Crippen molar-refractivity contribution in [3.8, 4) is 50.8 Å². The van der Waals surface area contributed by atoms with Gasteiger partial charge in [0, 0.05) is 27.8 Å². The van der Waals surface area contributed by atoms with Crippen molar-refractivity contribution in [3.63, 3.8) is 0 Å². The highest BCUT2D eigenvalue weighted by Crippen LogP contribution is 2.61. The number of ether oxygens (including phenoxy) is 1. The van der Waals surface area contributed by atoms with E-state index in [1.54, 1.807) is 0 Å². The van der Waals surface area contributed by atoms with E-state index >= 15 is 0 Å². The third-order valence-corrected chi connectivity index (χ3v) is 12.9. The van der Waals surface area contributed by atoms with Gasteiger partial charge in [-0.2, -0.15) is 0 Å². The van der Waals surface area contributed by atoms with Crippen LogP contribution in [0.25, 0.3) is 62.5 Å². The number of hydrogen-bond donors (Lipinski definition) is 0. The molecule has 12 rings (SSSR count). The van der Waals surface area contributed by atoms with Gasteiger partial charge in [0.1, 0.15) is 17.3 Å². The summed E-state index contributed by atoms with van der Waals surface area (Å²) in [7, 11) is 0. The smallest absolute Gasteiger partial charge is 0.145 e. The highest BCUT2D eigenvalue weighted by Gasteiger charge is 2.49. The number of hydrogen-bond acceptors (Lipinski definition) is 2. The second-order valence-corrected chi connectivity index (χ2v) is 16.3. The first-order chi connectivity index (χ1) is 28.5. The Labute approximate surface area is 338 Å². The Hall–Kier alpha value is -7.23. The van der Waals surface area contributed by atoms with Gasteiger partial charge in [0.05, 0.1) is 16.4 Å². The Balaban J connectivity index is 1.13. The van der Waals surface area contributed by atoms with Crippen molar-refractivity contribution in [2.75, 3.05) is 0 Å². The Kier molecular flexibility index (Phi) is 6.90. The summed E-state index contributed by atoms with van der Waals surface area (Å²) in [5.41, 5.74) is 18.0. The SMILES string of the molecule is CC1(C)c2ccccc2-c2cc3c(cc21)Oc1ccccc1C31c2ccccc2C=Cc2ccc(-c3ccc4c(c3)nc(-c3ccccc3)n4-c3ccccc3)cc21. The van der Waals surface area contributed by atoms with Crippen LogP contribution in [0.2, 0.25) is 0 Å². The maximum absolute atomic E-state index is 7.01. The monoisotopic (exact) mass is 742 g/mol. The summed E-state index contributed by atoms with van der Waals surface area (Å²) in [6, 6.07) is 66.1. The fourth-order valence-corrected chi connectivity index (χ4v) is 10.2. The molecule has 3 heteroatoms. The predicted octanol–water partition coefficient (Wildman–Crippen LogP) is 13.6. The van der Waals surface area contributed by atoms with Gasteiger partial charge in [-0.15, -0.1) is 0 Å². The van der Waals surface area contributed by atoms with E-state index < -0.39 is 5.41 Å². The fourth-order valence-electron chi connectivity index (χ4n) is 10.2. The maximum atomic E-state index is 7.01. The van der Waals surface area contributed by atoms with E-state index in [9.17, 15) is 0 Å². The highest BCUT2D eigenvalue weighted by atomic mass is 16.5. The summed E-state index contributed by atoms with van der Waals surface area (Å²) in [5.74, 6) is 2.72. The molecule has 2 aliphatic carbocycles. The molecule has 3 aliphatic rings. The molecule has 1 unspecified atom stereocenters. The first-order valence-corrected chi connectivity index (χ1v) is 20.1. The second kappa shape index (κ2) is 12.1. The molecule has 58 heavy (non-hydrogen) atoms. The zero-order valence-electron chi connectivity index (χ0n) is 32.3. The van der Waals surface area contributed by atoms with Crippen LogP contribution in [0.4, 0.5) is 0 Å². The molecule has 0 fully saturated rings. The van der Waals surface area contributed by atoms with Crippen molar-refractivity contribution < 1.29 is 4.74 Å². The van der Waals surface area contributed by atoms with Gasteiger partial charge < -0.3 is 4.74 Å². The van der Waals surface area contributed by atoms with Crippen LogP contribution in [0, 0.1) is 0 Å². The van der Waals surface area contributed by atoms with Crippen molar-refractivity contribution in [2.24, 2.45) is 0 Å². The second-order valence-electron chi connectivity index (χ2n) is 16.3. The molecule has 8 aromatic carbocycles. The minimum atomic E-state index is -0.675. The minimum Gasteiger partial charge on any atom is -0.457 e. The molecule has 274 valence electrons. The molecular weight excluding hydrogens is 705 g/mol. The normalized spacial score (nSPS) is 16.4. The molecule has 0 radical (unpaired) electrons. The molecule has 1 aromatic heterocycles. The van der Waals surface area contributed by atoms with Crippen molar-refractivity contribution in [2.45, 2.75) is 24.7 Å². The van der Waals surface area contributed by atoms with E-state index in [-0.39, 0.29) is 5.41 Å². The van der Waals surface area contributed by atoms with E-state index in [0.29, 0.717) is 0 Å². The molecule has 1 aliphatic heterocycles. The van der Waals surface area contributed by atoms with Gasteiger partial charge in [-0.05, 0) is 104 Å². The number of benzene rings is 8. The van der Waals surface area contributed by atoms with Gasteiger partial charge in [-0.25, -0.2) is 4.98 Å². The third kappa shape index (κ3) is 4.53. The highest BCUT2D eigenvalue weighted by molar-refractivity contribution is 5.91. The fraction of sp³-hybridized carbons (Fsp3) is 0.0727. The topological polar surface area (TPSA) is 27.1 Å². The molecule has 2 heterocycles. The van der Waals surface area contributed by atoms with E-state index in [2.05, 4.69) is 213 Å². The summed E-state index contributed by atoms with van der Waals surface area (Å²) in [6.45, 7) is 4.68. The van der Waals surface area contributed by atoms with Gasteiger partial charge in [-0.1, -0.05) is 159 Å². The van der Waals surface area contributed by atoms with Crippen LogP contribution in [0.5, 0.6) is 11.5 Å². The van der Waals surface area contributed by atoms with E-state index in [1.807, 2.05) is 0 Å². The lowest BCUT2D eigenvalue weighted by Gasteiger charge is -2.43. The molecule has 0 amide bonds. The number of imidazole rings is 1. The third-order valence-electron chi connectivity index (χ3n) is 12.9. The van der Waals surface area contributed by atoms with Crippen molar-refractivity contribution in [1.82, 2.24) is 9.55 Å². The van der Waals surface area contributed by atoms with Crippen LogP contribution in [0.3, 0.4) is 0 Å². The summed E-state index contributed by atoms with van der Waals surface area (Å²) >= 11 is 0. The molecule has 0 N–H and O–H groups in total. The van der Waals surface area contributed by atoms with Gasteiger partial charge in [0.15, 0.2) is 0 Å². The van der Waals surface area contributed by atoms with E-state index in [0.717, 1.165) is 61.9 Å². The number of rotatable bonds is 3. The summed E-state index contributed by atoms with van der Waals surface area (Å²) in [6.07, 6.45) is 4.59. The van der Waals surface area contributed by atoms with Crippen LogP contribution < -0.4 is 4.74 Å². The lowest BCUT2D eigenvalue weighted by molar-refractivity contribution is 0.433. The largest absolute Gasteiger partial charge is 0.457 e. The summed E-state index contributed by atoms with van der Waals surface area (Å²) in [4.78, 5) is 5.32. The summed E-state index contributed by atoms with van der Waals surface area (Å²) in [5, 5.41) is 0. The molecule has 0 saturated heterocycles. The molecule has 9 aromatic rings. The average Bonchev–Trinajstić information content (AvgIpc) is 3.71. The lowest BCUT2D eigenvalue weighted by atomic mass is 9.61. The zero-order valence-corrected chi connectivity index (χ0v) is 32.3. The van der Waals surface area contributed by atoms with Crippen LogP contribution in [-0.2, 0) is 10.8 Å². The zero-order chi connectivity index (χ0) is 38.6. The van der Waals surface area contributed by atoms with Gasteiger partial charge in [-0.3, -0.25) is 4.57 Å². The lowest BCUT2D eigenvalue weighted by Crippen LogP contribution is -2.35. The van der Waals surface area contributed by atoms with Crippen molar-refractivity contribution in [3.05, 3.63) is 226 Å². The first kappa shape index (κ1) is 33.0. The van der Waals surface area contributed by atoms with Crippen LogP contribution in [0.1, 0.15) is 58.4 Å². The van der Waals surface area contributed by atoms with Crippen LogP contribution in [0.15, 0.2) is 182 Å². The van der Waals surface area contributed by atoms with Gasteiger partial charge in [0.2, 0.25) is 0 Å². The van der Waals surface area contributed by atoms with Crippen LogP contribution >= 0.6 is 0 Å². The quantitative estimate of drug-likeness (QED) is 0.180. The molecule has 0 saturated carbocycles. The average molecular weight is 743 g/mol. The predicted molar refractivity (Wildman–Crippen MR) is 237 cm³/mol. The first-order valence-electron chi connectivity index (χ1n) is 20.1. The minimum absolute atomic E-state index is 0.158. The Morgan fingerprint density at radius 1 is 0.448 bits per heavy atom. The Bertz CT molecular complexity index is 3170. The van der Waals surface area contributed by atoms with Gasteiger partial charge in [0.25, 0.3) is 0 Å². The summed E-state index contributed by atoms with van der Waals surface area (Å²) < 4.78 is 9.29.